The van der Waals surface area contributed by atoms with Crippen molar-refractivity contribution in [3.63, 3.8) is 0 Å². The molecule has 0 radical (unpaired) electrons. The number of rotatable bonds is 3. The molecule has 0 heterocycles. The van der Waals surface area contributed by atoms with Crippen molar-refractivity contribution in [3.8, 4) is 11.5 Å². The zero-order valence-corrected chi connectivity index (χ0v) is 12.5. The third-order valence-corrected chi connectivity index (χ3v) is 3.64. The Hall–Kier alpha value is -2.39. The molecule has 0 fully saturated rings. The molecular weight excluding hydrogens is 278 g/mol. The Morgan fingerprint density at radius 1 is 0.952 bits per heavy atom. The molecule has 21 heavy (non-hydrogen) atoms. The second-order valence-electron chi connectivity index (χ2n) is 4.93. The summed E-state index contributed by atoms with van der Waals surface area (Å²) in [5.41, 5.74) is 7.55. The van der Waals surface area contributed by atoms with Gasteiger partial charge < -0.3 is 10.5 Å². The zero-order valence-electron chi connectivity index (χ0n) is 11.7. The van der Waals surface area contributed by atoms with E-state index in [4.69, 9.17) is 22.7 Å². The highest BCUT2D eigenvalue weighted by Crippen LogP contribution is 2.30. The van der Waals surface area contributed by atoms with E-state index in [1.165, 1.54) is 5.39 Å². The Morgan fingerprint density at radius 2 is 1.71 bits per heavy atom. The van der Waals surface area contributed by atoms with E-state index in [1.807, 2.05) is 55.5 Å². The van der Waals surface area contributed by atoms with Gasteiger partial charge in [-0.05, 0) is 41.5 Å². The molecule has 0 aliphatic heterocycles. The molecule has 0 aromatic heterocycles. The van der Waals surface area contributed by atoms with Crippen LogP contribution in [0.3, 0.4) is 0 Å². The van der Waals surface area contributed by atoms with Crippen LogP contribution in [0.2, 0.25) is 0 Å². The molecule has 0 atom stereocenters. The van der Waals surface area contributed by atoms with Gasteiger partial charge in [-0.1, -0.05) is 54.7 Å². The quantitative estimate of drug-likeness (QED) is 0.718. The van der Waals surface area contributed by atoms with Crippen LogP contribution in [0.5, 0.6) is 11.5 Å². The van der Waals surface area contributed by atoms with Crippen LogP contribution in [-0.4, -0.2) is 4.99 Å². The Balaban J connectivity index is 2.04. The van der Waals surface area contributed by atoms with Crippen LogP contribution in [0.1, 0.15) is 11.1 Å². The van der Waals surface area contributed by atoms with Crippen molar-refractivity contribution >= 4 is 28.0 Å². The second-order valence-corrected chi connectivity index (χ2v) is 5.37. The van der Waals surface area contributed by atoms with E-state index in [-0.39, 0.29) is 0 Å². The van der Waals surface area contributed by atoms with Crippen molar-refractivity contribution < 1.29 is 4.74 Å². The number of hydrogen-bond donors (Lipinski definition) is 1. The number of para-hydroxylation sites is 1. The minimum Gasteiger partial charge on any atom is -0.456 e. The lowest BCUT2D eigenvalue weighted by atomic mass is 10.1. The van der Waals surface area contributed by atoms with E-state index >= 15 is 0 Å². The van der Waals surface area contributed by atoms with E-state index in [1.54, 1.807) is 0 Å². The smallest absolute Gasteiger partial charge is 0.140 e. The maximum atomic E-state index is 6.04. The number of thiocarbonyl (C=S) groups is 1. The van der Waals surface area contributed by atoms with Crippen molar-refractivity contribution in [2.75, 3.05) is 0 Å². The molecule has 0 spiro atoms. The van der Waals surface area contributed by atoms with E-state index in [9.17, 15) is 0 Å². The van der Waals surface area contributed by atoms with Crippen LogP contribution in [-0.2, 0) is 0 Å². The van der Waals surface area contributed by atoms with Gasteiger partial charge in [-0.2, -0.15) is 0 Å². The van der Waals surface area contributed by atoms with Crippen LogP contribution in [0.25, 0.3) is 10.8 Å². The van der Waals surface area contributed by atoms with Crippen LogP contribution in [0, 0.1) is 6.92 Å². The van der Waals surface area contributed by atoms with Crippen molar-refractivity contribution in [2.45, 2.75) is 6.92 Å². The molecule has 0 saturated carbocycles. The van der Waals surface area contributed by atoms with Crippen LogP contribution >= 0.6 is 12.2 Å². The Bertz CT molecular complexity index is 826. The predicted molar refractivity (Wildman–Crippen MR) is 91.1 cm³/mol. The molecule has 3 aromatic carbocycles. The summed E-state index contributed by atoms with van der Waals surface area (Å²) in [5, 5.41) is 2.32. The second kappa shape index (κ2) is 5.54. The highest BCUT2D eigenvalue weighted by Gasteiger charge is 2.10. The SMILES string of the molecule is Cc1cccc(C(N)=S)c1Oc1ccc2ccccc2c1. The predicted octanol–water partition coefficient (Wildman–Crippen LogP) is 4.57. The first-order chi connectivity index (χ1) is 10.1. The van der Waals surface area contributed by atoms with Gasteiger partial charge in [0.15, 0.2) is 0 Å². The fourth-order valence-corrected chi connectivity index (χ4v) is 2.49. The van der Waals surface area contributed by atoms with E-state index < -0.39 is 0 Å². The van der Waals surface area contributed by atoms with E-state index in [0.29, 0.717) is 4.99 Å². The van der Waals surface area contributed by atoms with Gasteiger partial charge in [0.05, 0.1) is 5.56 Å². The topological polar surface area (TPSA) is 35.2 Å². The van der Waals surface area contributed by atoms with E-state index in [2.05, 4.69) is 12.1 Å². The third-order valence-electron chi connectivity index (χ3n) is 3.42. The molecule has 0 aliphatic rings. The van der Waals surface area contributed by atoms with Gasteiger partial charge in [0.1, 0.15) is 16.5 Å². The summed E-state index contributed by atoms with van der Waals surface area (Å²) in [6, 6.07) is 20.0. The minimum absolute atomic E-state index is 0.342. The Kier molecular flexibility index (Phi) is 3.59. The van der Waals surface area contributed by atoms with E-state index in [0.717, 1.165) is 28.0 Å². The summed E-state index contributed by atoms with van der Waals surface area (Å²) in [5.74, 6) is 1.50. The summed E-state index contributed by atoms with van der Waals surface area (Å²) in [6.07, 6.45) is 0. The highest BCUT2D eigenvalue weighted by atomic mass is 32.1. The summed E-state index contributed by atoms with van der Waals surface area (Å²) in [7, 11) is 0. The van der Waals surface area contributed by atoms with Gasteiger partial charge in [0.25, 0.3) is 0 Å². The first-order valence-corrected chi connectivity index (χ1v) is 7.12. The average molecular weight is 293 g/mol. The molecule has 0 bridgehead atoms. The van der Waals surface area contributed by atoms with Gasteiger partial charge in [0.2, 0.25) is 0 Å². The average Bonchev–Trinajstić information content (AvgIpc) is 2.49. The molecular formula is C18H15NOS. The van der Waals surface area contributed by atoms with Crippen molar-refractivity contribution in [1.29, 1.82) is 0 Å². The first kappa shape index (κ1) is 13.6. The maximum absolute atomic E-state index is 6.04. The van der Waals surface area contributed by atoms with Crippen molar-refractivity contribution in [1.82, 2.24) is 0 Å². The maximum Gasteiger partial charge on any atom is 0.140 e. The Morgan fingerprint density at radius 3 is 2.48 bits per heavy atom. The number of ether oxygens (including phenoxy) is 1. The normalized spacial score (nSPS) is 10.5. The molecule has 3 rings (SSSR count). The molecule has 3 aromatic rings. The van der Waals surface area contributed by atoms with Crippen LogP contribution in [0.4, 0.5) is 0 Å². The number of fused-ring (bicyclic) bond motifs is 1. The summed E-state index contributed by atoms with van der Waals surface area (Å²) < 4.78 is 6.04. The number of hydrogen-bond acceptors (Lipinski definition) is 2. The lowest BCUT2D eigenvalue weighted by molar-refractivity contribution is 0.478. The lowest BCUT2D eigenvalue weighted by Gasteiger charge is -2.13. The lowest BCUT2D eigenvalue weighted by Crippen LogP contribution is -2.11. The summed E-state index contributed by atoms with van der Waals surface area (Å²) in [6.45, 7) is 1.98. The zero-order chi connectivity index (χ0) is 14.8. The number of benzene rings is 3. The van der Waals surface area contributed by atoms with Crippen molar-refractivity contribution in [2.24, 2.45) is 5.73 Å². The molecule has 3 heteroatoms. The summed E-state index contributed by atoms with van der Waals surface area (Å²) in [4.78, 5) is 0.342. The monoisotopic (exact) mass is 293 g/mol. The summed E-state index contributed by atoms with van der Waals surface area (Å²) >= 11 is 5.10. The molecule has 0 saturated heterocycles. The molecule has 0 aliphatic carbocycles. The molecule has 2 N–H and O–H groups in total. The first-order valence-electron chi connectivity index (χ1n) is 6.71. The van der Waals surface area contributed by atoms with Gasteiger partial charge in [-0.25, -0.2) is 0 Å². The standard InChI is InChI=1S/C18H15NOS/c1-12-5-4-8-16(18(19)21)17(12)20-15-10-9-13-6-2-3-7-14(13)11-15/h2-11H,1H3,(H2,19,21). The largest absolute Gasteiger partial charge is 0.456 e. The van der Waals surface area contributed by atoms with Crippen molar-refractivity contribution in [3.05, 3.63) is 71.8 Å². The van der Waals surface area contributed by atoms with Gasteiger partial charge in [-0.15, -0.1) is 0 Å². The fraction of sp³-hybridized carbons (Fsp3) is 0.0556. The highest BCUT2D eigenvalue weighted by molar-refractivity contribution is 7.80. The van der Waals surface area contributed by atoms with Crippen LogP contribution < -0.4 is 10.5 Å². The number of nitrogens with two attached hydrogens (primary N) is 1. The van der Waals surface area contributed by atoms with Gasteiger partial charge in [-0.3, -0.25) is 0 Å². The third kappa shape index (κ3) is 2.73. The van der Waals surface area contributed by atoms with Gasteiger partial charge >= 0.3 is 0 Å². The molecule has 0 unspecified atom stereocenters. The molecule has 2 nitrogen and oxygen atoms in total. The fourth-order valence-electron chi connectivity index (χ4n) is 2.33. The van der Waals surface area contributed by atoms with Gasteiger partial charge in [0, 0.05) is 0 Å². The number of aryl methyl sites for hydroxylation is 1. The minimum atomic E-state index is 0.342. The molecule has 0 amide bonds. The van der Waals surface area contributed by atoms with Crippen LogP contribution in [0.15, 0.2) is 60.7 Å². The Labute approximate surface area is 129 Å². The molecule has 104 valence electrons.